The monoisotopic (exact) mass is 332 g/mol. The number of amides is 1. The molecule has 1 unspecified atom stereocenters. The predicted octanol–water partition coefficient (Wildman–Crippen LogP) is 2.60. The summed E-state index contributed by atoms with van der Waals surface area (Å²) < 4.78 is 26.5. The Morgan fingerprint density at radius 3 is 2.61 bits per heavy atom. The molecule has 116 valence electrons. The summed E-state index contributed by atoms with van der Waals surface area (Å²) in [6.07, 6.45) is 0. The third-order valence-electron chi connectivity index (χ3n) is 3.55. The van der Waals surface area contributed by atoms with E-state index in [-0.39, 0.29) is 11.6 Å². The number of carbonyl (C=O) groups excluding carboxylic acids is 1. The van der Waals surface area contributed by atoms with Crippen LogP contribution in [0.15, 0.2) is 47.5 Å². The molecule has 0 radical (unpaired) electrons. The molecule has 8 heteroatoms. The fourth-order valence-electron chi connectivity index (χ4n) is 2.57. The lowest BCUT2D eigenvalue weighted by Crippen LogP contribution is -2.45. The van der Waals surface area contributed by atoms with Crippen LogP contribution in [0.5, 0.6) is 0 Å². The minimum absolute atomic E-state index is 0.128. The van der Waals surface area contributed by atoms with Crippen molar-refractivity contribution in [3.8, 4) is 0 Å². The van der Waals surface area contributed by atoms with E-state index in [0.717, 1.165) is 41.2 Å². The third kappa shape index (κ3) is 2.27. The summed E-state index contributed by atoms with van der Waals surface area (Å²) in [7, 11) is 0. The molecule has 3 N–H and O–H groups in total. The third-order valence-corrected chi connectivity index (χ3v) is 4.75. The molecule has 23 heavy (non-hydrogen) atoms. The molecule has 0 aromatic heterocycles. The van der Waals surface area contributed by atoms with Crippen molar-refractivity contribution in [3.63, 3.8) is 0 Å². The number of nitrogens with one attached hydrogen (secondary N) is 3. The first kappa shape index (κ1) is 14.2. The fourth-order valence-corrected chi connectivity index (χ4v) is 3.64. The number of benzene rings is 2. The smallest absolute Gasteiger partial charge is 0.262 e. The Balaban J connectivity index is 1.69. The van der Waals surface area contributed by atoms with Gasteiger partial charge in [0.2, 0.25) is 0 Å². The average molecular weight is 332 g/mol. The topological polar surface area (TPSA) is 65.5 Å². The van der Waals surface area contributed by atoms with E-state index in [9.17, 15) is 13.6 Å². The Bertz CT molecular complexity index is 837. The van der Waals surface area contributed by atoms with Gasteiger partial charge in [-0.1, -0.05) is 18.2 Å². The van der Waals surface area contributed by atoms with Crippen molar-refractivity contribution in [2.75, 3.05) is 5.32 Å². The number of amidine groups is 1. The Hall–Kier alpha value is -2.45. The highest BCUT2D eigenvalue weighted by Crippen LogP contribution is 2.46. The Morgan fingerprint density at radius 2 is 1.83 bits per heavy atom. The van der Waals surface area contributed by atoms with Crippen LogP contribution in [-0.2, 0) is 9.67 Å². The summed E-state index contributed by atoms with van der Waals surface area (Å²) in [5, 5.41) is 3.14. The van der Waals surface area contributed by atoms with Crippen molar-refractivity contribution in [2.24, 2.45) is 4.99 Å². The molecule has 1 atom stereocenters. The fraction of sp³-hybridized carbons (Fsp3) is 0.0667. The lowest BCUT2D eigenvalue weighted by Gasteiger charge is -2.17. The van der Waals surface area contributed by atoms with Crippen LogP contribution in [0.3, 0.4) is 0 Å². The van der Waals surface area contributed by atoms with E-state index in [1.165, 1.54) is 0 Å². The summed E-state index contributed by atoms with van der Waals surface area (Å²) in [4.78, 5) is 15.5. The van der Waals surface area contributed by atoms with Gasteiger partial charge >= 0.3 is 0 Å². The summed E-state index contributed by atoms with van der Waals surface area (Å²) >= 11 is 1.15. The highest BCUT2D eigenvalue weighted by Gasteiger charge is 2.52. The Kier molecular flexibility index (Phi) is 3.10. The Labute approximate surface area is 134 Å². The molecule has 5 nitrogen and oxygen atoms in total. The van der Waals surface area contributed by atoms with Gasteiger partial charge in [-0.25, -0.2) is 19.2 Å². The SMILES string of the molecule is O=C1Nc2ccccc2C12NNC(=Nc1cc(F)cc(F)c1)S2. The van der Waals surface area contributed by atoms with Gasteiger partial charge in [0.15, 0.2) is 10.0 Å². The minimum atomic E-state index is -1.04. The molecule has 2 aromatic carbocycles. The number of hydrazine groups is 1. The van der Waals surface area contributed by atoms with Gasteiger partial charge in [0.25, 0.3) is 5.91 Å². The molecule has 2 heterocycles. The van der Waals surface area contributed by atoms with Crippen molar-refractivity contribution in [3.05, 3.63) is 59.7 Å². The molecule has 0 saturated carbocycles. The molecule has 4 rings (SSSR count). The van der Waals surface area contributed by atoms with E-state index in [4.69, 9.17) is 0 Å². The van der Waals surface area contributed by atoms with Crippen molar-refractivity contribution >= 4 is 34.2 Å². The molecule has 2 aliphatic rings. The number of carbonyl (C=O) groups is 1. The highest BCUT2D eigenvalue weighted by atomic mass is 32.2. The van der Waals surface area contributed by atoms with E-state index in [2.05, 4.69) is 21.2 Å². The molecule has 1 spiro atoms. The van der Waals surface area contributed by atoms with Crippen molar-refractivity contribution < 1.29 is 13.6 Å². The number of hydrogen-bond donors (Lipinski definition) is 3. The maximum atomic E-state index is 13.2. The molecule has 0 aliphatic carbocycles. The summed E-state index contributed by atoms with van der Waals surface area (Å²) in [5.41, 5.74) is 7.35. The van der Waals surface area contributed by atoms with Crippen LogP contribution in [0.2, 0.25) is 0 Å². The van der Waals surface area contributed by atoms with Crippen LogP contribution in [0.4, 0.5) is 20.2 Å². The van der Waals surface area contributed by atoms with Crippen LogP contribution >= 0.6 is 11.8 Å². The number of aliphatic imine (C=N–C) groups is 1. The highest BCUT2D eigenvalue weighted by molar-refractivity contribution is 8.15. The number of para-hydroxylation sites is 1. The van der Waals surface area contributed by atoms with Gasteiger partial charge in [-0.15, -0.1) is 0 Å². The molecule has 2 aliphatic heterocycles. The van der Waals surface area contributed by atoms with Gasteiger partial charge < -0.3 is 5.32 Å². The molecule has 2 aromatic rings. The second kappa shape index (κ2) is 5.04. The van der Waals surface area contributed by atoms with Crippen molar-refractivity contribution in [1.29, 1.82) is 0 Å². The van der Waals surface area contributed by atoms with E-state index < -0.39 is 16.5 Å². The molecular formula is C15H10F2N4OS. The van der Waals surface area contributed by atoms with E-state index in [1.54, 1.807) is 6.07 Å². The van der Waals surface area contributed by atoms with E-state index in [0.29, 0.717) is 5.17 Å². The first-order chi connectivity index (χ1) is 11.1. The predicted molar refractivity (Wildman–Crippen MR) is 84.1 cm³/mol. The van der Waals surface area contributed by atoms with Crippen LogP contribution in [0.1, 0.15) is 5.56 Å². The molecule has 1 fully saturated rings. The molecule has 1 amide bonds. The van der Waals surface area contributed by atoms with E-state index in [1.807, 2.05) is 18.2 Å². The molecule has 0 bridgehead atoms. The number of fused-ring (bicyclic) bond motifs is 2. The molecule has 1 saturated heterocycles. The van der Waals surface area contributed by atoms with Crippen molar-refractivity contribution in [1.82, 2.24) is 10.9 Å². The number of anilines is 1. The number of nitrogens with zero attached hydrogens (tertiary/aromatic N) is 1. The van der Waals surface area contributed by atoms with Gasteiger partial charge in [0.1, 0.15) is 11.6 Å². The van der Waals surface area contributed by atoms with Crippen LogP contribution in [-0.4, -0.2) is 11.1 Å². The van der Waals surface area contributed by atoms with Gasteiger partial charge in [0.05, 0.1) is 5.69 Å². The summed E-state index contributed by atoms with van der Waals surface area (Å²) in [6.45, 7) is 0. The standard InChI is InChI=1S/C15H10F2N4OS/c16-8-5-9(17)7-10(6-8)18-14-20-21-15(23-14)11-3-1-2-4-12(11)19-13(15)22/h1-7,21H,(H,18,20)(H,19,22). The maximum absolute atomic E-state index is 13.2. The number of halogens is 2. The lowest BCUT2D eigenvalue weighted by atomic mass is 10.1. The number of rotatable bonds is 1. The van der Waals surface area contributed by atoms with Crippen LogP contribution in [0.25, 0.3) is 0 Å². The lowest BCUT2D eigenvalue weighted by molar-refractivity contribution is -0.118. The second-order valence-electron chi connectivity index (χ2n) is 5.08. The Morgan fingerprint density at radius 1 is 1.09 bits per heavy atom. The zero-order chi connectivity index (χ0) is 16.0. The first-order valence-corrected chi connectivity index (χ1v) is 7.56. The zero-order valence-corrected chi connectivity index (χ0v) is 12.4. The first-order valence-electron chi connectivity index (χ1n) is 6.75. The van der Waals surface area contributed by atoms with Crippen LogP contribution < -0.4 is 16.2 Å². The van der Waals surface area contributed by atoms with Gasteiger partial charge in [-0.05, 0) is 30.0 Å². The van der Waals surface area contributed by atoms with Gasteiger partial charge in [-0.3, -0.25) is 10.2 Å². The maximum Gasteiger partial charge on any atom is 0.262 e. The molecular weight excluding hydrogens is 322 g/mol. The zero-order valence-electron chi connectivity index (χ0n) is 11.6. The summed E-state index contributed by atoms with van der Waals surface area (Å²) in [5.74, 6) is -1.65. The number of thioether (sulfide) groups is 1. The van der Waals surface area contributed by atoms with E-state index >= 15 is 0 Å². The van der Waals surface area contributed by atoms with Crippen LogP contribution in [0, 0.1) is 11.6 Å². The second-order valence-corrected chi connectivity index (χ2v) is 6.28. The largest absolute Gasteiger partial charge is 0.323 e. The summed E-state index contributed by atoms with van der Waals surface area (Å²) in [6, 6.07) is 10.3. The van der Waals surface area contributed by atoms with Gasteiger partial charge in [-0.2, -0.15) is 0 Å². The van der Waals surface area contributed by atoms with Crippen molar-refractivity contribution in [2.45, 2.75) is 4.87 Å². The number of hydrogen-bond acceptors (Lipinski definition) is 4. The van der Waals surface area contributed by atoms with Gasteiger partial charge in [0, 0.05) is 17.3 Å². The normalized spacial score (nSPS) is 23.9. The minimum Gasteiger partial charge on any atom is -0.323 e. The quantitative estimate of drug-likeness (QED) is 0.751. The average Bonchev–Trinajstić information content (AvgIpc) is 3.02.